The summed E-state index contributed by atoms with van der Waals surface area (Å²) in [5, 5.41) is 2.37. The van der Waals surface area contributed by atoms with E-state index in [2.05, 4.69) is 116 Å². The molecule has 2 atom stereocenters. The third kappa shape index (κ3) is 8.55. The number of hydrogen-bond acceptors (Lipinski definition) is 2. The molecule has 0 radical (unpaired) electrons. The summed E-state index contributed by atoms with van der Waals surface area (Å²) in [7, 11) is -2.82. The number of rotatable bonds is 10. The van der Waals surface area contributed by atoms with Crippen molar-refractivity contribution < 1.29 is 8.85 Å². The van der Waals surface area contributed by atoms with E-state index in [9.17, 15) is 0 Å². The molecule has 2 aromatic carbocycles. The maximum atomic E-state index is 6.91. The molecule has 0 N–H and O–H groups in total. The fraction of sp³-hybridized carbons (Fsp3) is 0.571. The maximum Gasteiger partial charge on any atom is 0.407 e. The van der Waals surface area contributed by atoms with Gasteiger partial charge in [0.1, 0.15) is 0 Å². The Morgan fingerprint density at radius 2 is 0.935 bits per heavy atom. The van der Waals surface area contributed by atoms with Crippen LogP contribution in [0.1, 0.15) is 68.2 Å². The molecule has 0 amide bonds. The Balaban J connectivity index is 2.37. The van der Waals surface area contributed by atoms with E-state index < -0.39 is 8.56 Å². The zero-order valence-electron chi connectivity index (χ0n) is 21.1. The average Bonchev–Trinajstić information content (AvgIpc) is 2.67. The first-order chi connectivity index (χ1) is 14.4. The Kier molecular flexibility index (Phi) is 9.11. The van der Waals surface area contributed by atoms with Gasteiger partial charge in [-0.15, -0.1) is 0 Å². The molecule has 0 heterocycles. The van der Waals surface area contributed by atoms with Crippen LogP contribution in [0.2, 0.25) is 0 Å². The van der Waals surface area contributed by atoms with Crippen LogP contribution in [0.25, 0.3) is 0 Å². The summed E-state index contributed by atoms with van der Waals surface area (Å²) in [6.07, 6.45) is 2.25. The molecule has 0 aliphatic carbocycles. The van der Waals surface area contributed by atoms with Crippen molar-refractivity contribution >= 4 is 18.9 Å². The van der Waals surface area contributed by atoms with Crippen molar-refractivity contribution in [3.05, 3.63) is 60.7 Å². The van der Waals surface area contributed by atoms with Crippen molar-refractivity contribution in [1.82, 2.24) is 0 Å². The third-order valence-electron chi connectivity index (χ3n) is 5.37. The second-order valence-corrected chi connectivity index (χ2v) is 14.7. The molecular weight excluding hydrogens is 396 g/mol. The monoisotopic (exact) mass is 440 g/mol. The Morgan fingerprint density at radius 1 is 0.613 bits per heavy atom. The van der Waals surface area contributed by atoms with Gasteiger partial charge in [0.25, 0.3) is 0 Å². The van der Waals surface area contributed by atoms with Gasteiger partial charge in [0.05, 0.1) is 0 Å². The molecule has 0 aliphatic rings. The van der Waals surface area contributed by atoms with Crippen molar-refractivity contribution in [2.45, 2.75) is 68.2 Å². The van der Waals surface area contributed by atoms with Gasteiger partial charge in [-0.1, -0.05) is 116 Å². The van der Waals surface area contributed by atoms with Gasteiger partial charge in [0, 0.05) is 13.2 Å². The molecule has 0 aliphatic heterocycles. The molecule has 31 heavy (non-hydrogen) atoms. The molecule has 172 valence electrons. The van der Waals surface area contributed by atoms with Crippen molar-refractivity contribution in [3.8, 4) is 0 Å². The lowest BCUT2D eigenvalue weighted by molar-refractivity contribution is 0.128. The molecule has 2 unspecified atom stereocenters. The van der Waals surface area contributed by atoms with Crippen LogP contribution in [0, 0.1) is 22.7 Å². The van der Waals surface area contributed by atoms with Crippen LogP contribution in [-0.4, -0.2) is 21.8 Å². The Hall–Kier alpha value is -1.42. The smallest absolute Gasteiger partial charge is 0.387 e. The van der Waals surface area contributed by atoms with Gasteiger partial charge < -0.3 is 8.85 Å². The fourth-order valence-corrected chi connectivity index (χ4v) is 7.97. The van der Waals surface area contributed by atoms with Crippen LogP contribution in [0.15, 0.2) is 60.7 Å². The molecule has 3 heteroatoms. The van der Waals surface area contributed by atoms with Crippen LogP contribution in [0.4, 0.5) is 0 Å². The number of hydrogen-bond donors (Lipinski definition) is 0. The van der Waals surface area contributed by atoms with Gasteiger partial charge in [0.15, 0.2) is 0 Å². The second kappa shape index (κ2) is 10.9. The lowest BCUT2D eigenvalue weighted by atomic mass is 9.86. The van der Waals surface area contributed by atoms with E-state index in [0.717, 1.165) is 12.8 Å². The van der Waals surface area contributed by atoms with E-state index in [0.29, 0.717) is 25.0 Å². The molecule has 2 rings (SSSR count). The van der Waals surface area contributed by atoms with E-state index in [-0.39, 0.29) is 10.8 Å². The zero-order chi connectivity index (χ0) is 23.1. The van der Waals surface area contributed by atoms with Crippen molar-refractivity contribution in [2.75, 3.05) is 13.2 Å². The lowest BCUT2D eigenvalue weighted by Crippen LogP contribution is -2.64. The number of benzene rings is 2. The molecule has 0 saturated carbocycles. The van der Waals surface area contributed by atoms with E-state index >= 15 is 0 Å². The van der Waals surface area contributed by atoms with Crippen LogP contribution >= 0.6 is 0 Å². The zero-order valence-corrected chi connectivity index (χ0v) is 22.1. The first kappa shape index (κ1) is 25.8. The van der Waals surface area contributed by atoms with Gasteiger partial charge in [-0.05, 0) is 45.9 Å². The minimum absolute atomic E-state index is 0.286. The highest BCUT2D eigenvalue weighted by Gasteiger charge is 2.43. The normalized spacial score (nSPS) is 15.0. The highest BCUT2D eigenvalue weighted by atomic mass is 28.4. The van der Waals surface area contributed by atoms with Crippen molar-refractivity contribution in [3.63, 3.8) is 0 Å². The van der Waals surface area contributed by atoms with E-state index in [1.807, 2.05) is 0 Å². The SMILES string of the molecule is CC(CO[Si](OCC(C)CC(C)(C)C)(c1ccccc1)c1ccccc1)CC(C)(C)C. The lowest BCUT2D eigenvalue weighted by Gasteiger charge is -2.35. The Bertz CT molecular complexity index is 692. The molecule has 0 saturated heterocycles. The third-order valence-corrected chi connectivity index (χ3v) is 8.70. The molecular formula is C28H44O2Si. The summed E-state index contributed by atoms with van der Waals surface area (Å²) in [4.78, 5) is 0. The van der Waals surface area contributed by atoms with Gasteiger partial charge in [0.2, 0.25) is 0 Å². The second-order valence-electron chi connectivity index (χ2n) is 11.7. The molecule has 2 aromatic rings. The minimum Gasteiger partial charge on any atom is -0.387 e. The quantitative estimate of drug-likeness (QED) is 0.397. The van der Waals surface area contributed by atoms with E-state index in [1.54, 1.807) is 0 Å². The van der Waals surface area contributed by atoms with Crippen LogP contribution in [0.5, 0.6) is 0 Å². The molecule has 0 fully saturated rings. The van der Waals surface area contributed by atoms with Crippen LogP contribution in [0.3, 0.4) is 0 Å². The molecule has 0 spiro atoms. The summed E-state index contributed by atoms with van der Waals surface area (Å²) in [6.45, 7) is 19.8. The first-order valence-electron chi connectivity index (χ1n) is 11.8. The Morgan fingerprint density at radius 3 is 1.23 bits per heavy atom. The minimum atomic E-state index is -2.82. The first-order valence-corrected chi connectivity index (χ1v) is 13.6. The van der Waals surface area contributed by atoms with Gasteiger partial charge >= 0.3 is 8.56 Å². The van der Waals surface area contributed by atoms with Gasteiger partial charge in [-0.2, -0.15) is 0 Å². The maximum absolute atomic E-state index is 6.91. The molecule has 2 nitrogen and oxygen atoms in total. The Labute approximate surface area is 192 Å². The summed E-state index contributed by atoms with van der Waals surface area (Å²) < 4.78 is 13.8. The van der Waals surface area contributed by atoms with Crippen LogP contribution in [-0.2, 0) is 8.85 Å². The van der Waals surface area contributed by atoms with Gasteiger partial charge in [-0.3, -0.25) is 0 Å². The van der Waals surface area contributed by atoms with Crippen LogP contribution < -0.4 is 10.4 Å². The predicted octanol–water partition coefficient (Wildman–Crippen LogP) is 6.42. The largest absolute Gasteiger partial charge is 0.407 e. The standard InChI is InChI=1S/C28H44O2Si/c1-23(19-27(3,4)5)21-29-31(25-15-11-9-12-16-25,26-17-13-10-14-18-26)30-22-24(2)20-28(6,7)8/h9-18,23-24H,19-22H2,1-8H3. The average molecular weight is 441 g/mol. The summed E-state index contributed by atoms with van der Waals surface area (Å²) in [5.74, 6) is 0.935. The van der Waals surface area contributed by atoms with E-state index in [1.165, 1.54) is 10.4 Å². The topological polar surface area (TPSA) is 18.5 Å². The summed E-state index contributed by atoms with van der Waals surface area (Å²) in [5.41, 5.74) is 0.573. The van der Waals surface area contributed by atoms with Crippen molar-refractivity contribution in [1.29, 1.82) is 0 Å². The summed E-state index contributed by atoms with van der Waals surface area (Å²) in [6, 6.07) is 21.3. The predicted molar refractivity (Wildman–Crippen MR) is 136 cm³/mol. The highest BCUT2D eigenvalue weighted by molar-refractivity contribution is 6.92. The highest BCUT2D eigenvalue weighted by Crippen LogP contribution is 2.27. The molecule has 0 bridgehead atoms. The van der Waals surface area contributed by atoms with E-state index in [4.69, 9.17) is 8.85 Å². The summed E-state index contributed by atoms with van der Waals surface area (Å²) >= 11 is 0. The van der Waals surface area contributed by atoms with Crippen molar-refractivity contribution in [2.24, 2.45) is 22.7 Å². The fourth-order valence-electron chi connectivity index (χ4n) is 4.58. The molecule has 0 aromatic heterocycles. The van der Waals surface area contributed by atoms with Gasteiger partial charge in [-0.25, -0.2) is 0 Å².